The van der Waals surface area contributed by atoms with Crippen LogP contribution in [0.1, 0.15) is 41.9 Å². The van der Waals surface area contributed by atoms with Crippen LogP contribution < -0.4 is 10.6 Å². The monoisotopic (exact) mass is 426 g/mol. The Morgan fingerprint density at radius 3 is 2.84 bits per heavy atom. The van der Waals surface area contributed by atoms with E-state index in [2.05, 4.69) is 51.7 Å². The number of carbonyl (C=O) groups excluding carboxylic acids is 1. The number of benzene rings is 1. The first-order valence-corrected chi connectivity index (χ1v) is 11.1. The van der Waals surface area contributed by atoms with E-state index in [1.807, 2.05) is 13.0 Å². The van der Waals surface area contributed by atoms with Crippen molar-refractivity contribution in [3.8, 4) is 0 Å². The molecule has 0 aliphatic carbocycles. The highest BCUT2D eigenvalue weighted by Crippen LogP contribution is 2.18. The number of nitrogens with one attached hydrogen (secondary N) is 2. The number of fused-ring (bicyclic) bond motifs is 1. The number of pyridine rings is 1. The van der Waals surface area contributed by atoms with Crippen LogP contribution in [0.25, 0.3) is 0 Å². The maximum absolute atomic E-state index is 12.5. The summed E-state index contributed by atoms with van der Waals surface area (Å²) in [4.78, 5) is 19.1. The van der Waals surface area contributed by atoms with Crippen molar-refractivity contribution < 1.29 is 14.6 Å². The lowest BCUT2D eigenvalue weighted by Crippen LogP contribution is -2.42. The number of anilines is 1. The normalized spacial score (nSPS) is 15.7. The number of hydrogen-bond donors (Lipinski definition) is 3. The number of amides is 1. The minimum absolute atomic E-state index is 0.189. The van der Waals surface area contributed by atoms with Gasteiger partial charge in [-0.1, -0.05) is 30.3 Å². The number of β-amino-alcohol motifs (C(OH)–C–C–N with tert-alkyl or cyclic N) is 1. The highest BCUT2D eigenvalue weighted by atomic mass is 16.5. The fourth-order valence-corrected chi connectivity index (χ4v) is 3.74. The Kier molecular flexibility index (Phi) is 8.82. The summed E-state index contributed by atoms with van der Waals surface area (Å²) in [5.41, 5.74) is 3.03. The number of carbonyl (C=O) groups is 1. The summed E-state index contributed by atoms with van der Waals surface area (Å²) >= 11 is 0. The van der Waals surface area contributed by atoms with Crippen LogP contribution in [-0.4, -0.2) is 65.9 Å². The minimum Gasteiger partial charge on any atom is -0.390 e. The van der Waals surface area contributed by atoms with E-state index in [-0.39, 0.29) is 18.5 Å². The van der Waals surface area contributed by atoms with E-state index in [9.17, 15) is 9.90 Å². The van der Waals surface area contributed by atoms with E-state index in [0.717, 1.165) is 25.9 Å². The molecule has 0 radical (unpaired) electrons. The van der Waals surface area contributed by atoms with Crippen LogP contribution >= 0.6 is 0 Å². The first-order valence-electron chi connectivity index (χ1n) is 11.1. The van der Waals surface area contributed by atoms with Gasteiger partial charge in [-0.2, -0.15) is 0 Å². The molecule has 31 heavy (non-hydrogen) atoms. The van der Waals surface area contributed by atoms with Gasteiger partial charge in [-0.3, -0.25) is 9.69 Å². The largest absolute Gasteiger partial charge is 0.390 e. The summed E-state index contributed by atoms with van der Waals surface area (Å²) in [6.07, 6.45) is 1.22. The molecule has 1 aliphatic heterocycles. The summed E-state index contributed by atoms with van der Waals surface area (Å²) in [5.74, 6) is 0.373. The second kappa shape index (κ2) is 11.8. The van der Waals surface area contributed by atoms with Crippen molar-refractivity contribution in [3.05, 3.63) is 59.3 Å². The number of aliphatic hydroxyl groups is 1. The van der Waals surface area contributed by atoms with E-state index < -0.39 is 6.10 Å². The molecule has 2 unspecified atom stereocenters. The molecule has 7 nitrogen and oxygen atoms in total. The molecule has 1 amide bonds. The molecule has 3 rings (SSSR count). The van der Waals surface area contributed by atoms with Crippen LogP contribution in [0.4, 0.5) is 5.82 Å². The second-order valence-electron chi connectivity index (χ2n) is 8.06. The Balaban J connectivity index is 1.44. The molecule has 1 aromatic carbocycles. The summed E-state index contributed by atoms with van der Waals surface area (Å²) in [6.45, 7) is 7.90. The third-order valence-corrected chi connectivity index (χ3v) is 5.45. The molecule has 2 heterocycles. The van der Waals surface area contributed by atoms with E-state index in [4.69, 9.17) is 4.74 Å². The molecule has 1 aromatic heterocycles. The zero-order chi connectivity index (χ0) is 22.1. The number of aliphatic hydroxyl groups excluding tert-OH is 1. The molecule has 0 saturated heterocycles. The molecule has 2 atom stereocenters. The van der Waals surface area contributed by atoms with Gasteiger partial charge in [-0.05, 0) is 49.9 Å². The average Bonchev–Trinajstić information content (AvgIpc) is 2.77. The van der Waals surface area contributed by atoms with Gasteiger partial charge < -0.3 is 20.5 Å². The Bertz CT molecular complexity index is 845. The predicted octanol–water partition coefficient (Wildman–Crippen LogP) is 2.46. The van der Waals surface area contributed by atoms with Crippen molar-refractivity contribution in [2.75, 3.05) is 38.2 Å². The first kappa shape index (κ1) is 23.2. The number of hydrogen-bond acceptors (Lipinski definition) is 6. The second-order valence-corrected chi connectivity index (χ2v) is 8.06. The maximum atomic E-state index is 12.5. The van der Waals surface area contributed by atoms with Gasteiger partial charge in [0.05, 0.1) is 6.10 Å². The van der Waals surface area contributed by atoms with E-state index in [1.54, 1.807) is 12.1 Å². The van der Waals surface area contributed by atoms with Crippen LogP contribution in [0, 0.1) is 0 Å². The zero-order valence-corrected chi connectivity index (χ0v) is 18.5. The van der Waals surface area contributed by atoms with Crippen LogP contribution in [0.15, 0.2) is 42.5 Å². The molecule has 0 saturated carbocycles. The Morgan fingerprint density at radius 2 is 2.03 bits per heavy atom. The molecule has 0 bridgehead atoms. The molecule has 168 valence electrons. The number of rotatable bonds is 11. The van der Waals surface area contributed by atoms with Crippen LogP contribution in [0.3, 0.4) is 0 Å². The Labute approximate surface area is 184 Å². The summed E-state index contributed by atoms with van der Waals surface area (Å²) in [5, 5.41) is 16.5. The van der Waals surface area contributed by atoms with Gasteiger partial charge in [0.15, 0.2) is 0 Å². The number of ether oxygens (including phenoxy) is 1. The molecule has 1 aliphatic rings. The molecule has 7 heteroatoms. The third kappa shape index (κ3) is 7.31. The van der Waals surface area contributed by atoms with Gasteiger partial charge >= 0.3 is 0 Å². The number of nitrogens with zero attached hydrogens (tertiary/aromatic N) is 2. The van der Waals surface area contributed by atoms with E-state index in [0.29, 0.717) is 31.3 Å². The maximum Gasteiger partial charge on any atom is 0.270 e. The minimum atomic E-state index is -0.630. The third-order valence-electron chi connectivity index (χ3n) is 5.45. The number of aromatic nitrogens is 1. The van der Waals surface area contributed by atoms with Gasteiger partial charge in [0, 0.05) is 45.4 Å². The van der Waals surface area contributed by atoms with Crippen LogP contribution in [0.5, 0.6) is 0 Å². The SMILES string of the molecule is CCOCCC(C)Nc1cccc(C(=O)NCC(O)CN2CCc3ccccc3C2)n1. The van der Waals surface area contributed by atoms with Gasteiger partial charge in [0.2, 0.25) is 0 Å². The highest BCUT2D eigenvalue weighted by molar-refractivity contribution is 5.92. The highest BCUT2D eigenvalue weighted by Gasteiger charge is 2.19. The van der Waals surface area contributed by atoms with Crippen molar-refractivity contribution in [1.82, 2.24) is 15.2 Å². The smallest absolute Gasteiger partial charge is 0.270 e. The fourth-order valence-electron chi connectivity index (χ4n) is 3.74. The quantitative estimate of drug-likeness (QED) is 0.479. The molecule has 3 N–H and O–H groups in total. The fraction of sp³-hybridized carbons (Fsp3) is 0.500. The lowest BCUT2D eigenvalue weighted by Gasteiger charge is -2.30. The van der Waals surface area contributed by atoms with Crippen LogP contribution in [0.2, 0.25) is 0 Å². The summed E-state index contributed by atoms with van der Waals surface area (Å²) in [7, 11) is 0. The average molecular weight is 427 g/mol. The van der Waals surface area contributed by atoms with E-state index in [1.165, 1.54) is 11.1 Å². The van der Waals surface area contributed by atoms with Gasteiger partial charge in [-0.25, -0.2) is 4.98 Å². The summed E-state index contributed by atoms with van der Waals surface area (Å²) in [6, 6.07) is 13.9. The first-order chi connectivity index (χ1) is 15.0. The van der Waals surface area contributed by atoms with Crippen LogP contribution in [-0.2, 0) is 17.7 Å². The molecule has 0 fully saturated rings. The molecule has 0 spiro atoms. The van der Waals surface area contributed by atoms with Crippen molar-refractivity contribution in [3.63, 3.8) is 0 Å². The predicted molar refractivity (Wildman–Crippen MR) is 122 cm³/mol. The molecular weight excluding hydrogens is 392 g/mol. The Hall–Kier alpha value is -2.48. The van der Waals surface area contributed by atoms with Gasteiger partial charge in [-0.15, -0.1) is 0 Å². The van der Waals surface area contributed by atoms with Crippen molar-refractivity contribution >= 4 is 11.7 Å². The molecular formula is C24H34N4O3. The lowest BCUT2D eigenvalue weighted by atomic mass is 10.00. The van der Waals surface area contributed by atoms with E-state index >= 15 is 0 Å². The topological polar surface area (TPSA) is 86.7 Å². The van der Waals surface area contributed by atoms with Gasteiger partial charge in [0.25, 0.3) is 5.91 Å². The standard InChI is InChI=1S/C24H34N4O3/c1-3-31-14-12-18(2)26-23-10-6-9-22(27-23)24(30)25-15-21(29)17-28-13-11-19-7-4-5-8-20(19)16-28/h4-10,18,21,29H,3,11-17H2,1-2H3,(H,25,30)(H,26,27). The van der Waals surface area contributed by atoms with Gasteiger partial charge in [0.1, 0.15) is 11.5 Å². The lowest BCUT2D eigenvalue weighted by molar-refractivity contribution is 0.0838. The molecule has 2 aromatic rings. The van der Waals surface area contributed by atoms with Crippen molar-refractivity contribution in [2.45, 2.75) is 45.4 Å². The Morgan fingerprint density at radius 1 is 1.23 bits per heavy atom. The zero-order valence-electron chi connectivity index (χ0n) is 18.5. The van der Waals surface area contributed by atoms with Crippen molar-refractivity contribution in [2.24, 2.45) is 0 Å². The van der Waals surface area contributed by atoms with Crippen molar-refractivity contribution in [1.29, 1.82) is 0 Å². The summed E-state index contributed by atoms with van der Waals surface area (Å²) < 4.78 is 5.38.